The molecule has 0 bridgehead atoms. The molecule has 1 atom stereocenters. The average Bonchev–Trinajstić information content (AvgIpc) is 2.30. The van der Waals surface area contributed by atoms with Gasteiger partial charge in [0.15, 0.2) is 11.4 Å². The fraction of sp³-hybridized carbons (Fsp3) is 0.500. The SMILES string of the molecule is C[SH+](=O)Cc1[nH]nc(C(F)(F)F)c1Cl. The minimum atomic E-state index is -4.58. The average molecular weight is 248 g/mol. The van der Waals surface area contributed by atoms with E-state index >= 15 is 0 Å². The zero-order chi connectivity index (χ0) is 10.9. The van der Waals surface area contributed by atoms with Gasteiger partial charge in [-0.15, -0.1) is 4.21 Å². The molecular weight excluding hydrogens is 241 g/mol. The molecule has 0 amide bonds. The summed E-state index contributed by atoms with van der Waals surface area (Å²) in [7, 11) is -1.59. The Labute approximate surface area is 85.1 Å². The molecule has 0 fully saturated rings. The summed E-state index contributed by atoms with van der Waals surface area (Å²) in [5.41, 5.74) is -1.10. The summed E-state index contributed by atoms with van der Waals surface area (Å²) in [5, 5.41) is 4.66. The van der Waals surface area contributed by atoms with E-state index in [1.54, 1.807) is 0 Å². The van der Waals surface area contributed by atoms with Crippen molar-refractivity contribution in [3.05, 3.63) is 16.4 Å². The Hall–Kier alpha value is -0.560. The second-order valence-electron chi connectivity index (χ2n) is 2.65. The number of rotatable bonds is 2. The minimum Gasteiger partial charge on any atom is -0.276 e. The molecule has 0 aliphatic carbocycles. The third-order valence-electron chi connectivity index (χ3n) is 1.42. The Morgan fingerprint density at radius 3 is 2.50 bits per heavy atom. The maximum atomic E-state index is 12.2. The van der Waals surface area contributed by atoms with Crippen LogP contribution in [0, 0.1) is 0 Å². The predicted molar refractivity (Wildman–Crippen MR) is 47.7 cm³/mol. The molecule has 1 N–H and O–H groups in total. The zero-order valence-electron chi connectivity index (χ0n) is 7.02. The summed E-state index contributed by atoms with van der Waals surface area (Å²) in [5.74, 6) is -0.0305. The lowest BCUT2D eigenvalue weighted by molar-refractivity contribution is -0.141. The van der Waals surface area contributed by atoms with Gasteiger partial charge in [-0.3, -0.25) is 5.10 Å². The van der Waals surface area contributed by atoms with Crippen molar-refractivity contribution in [2.75, 3.05) is 6.26 Å². The summed E-state index contributed by atoms with van der Waals surface area (Å²) in [6, 6.07) is 0. The van der Waals surface area contributed by atoms with Crippen LogP contribution in [0.1, 0.15) is 11.4 Å². The van der Waals surface area contributed by atoms with E-state index in [1.807, 2.05) is 0 Å². The van der Waals surface area contributed by atoms with Crippen molar-refractivity contribution in [2.24, 2.45) is 0 Å². The largest absolute Gasteiger partial charge is 0.436 e. The molecule has 14 heavy (non-hydrogen) atoms. The van der Waals surface area contributed by atoms with Crippen molar-refractivity contribution in [3.63, 3.8) is 0 Å². The van der Waals surface area contributed by atoms with Crippen molar-refractivity contribution in [3.8, 4) is 0 Å². The fourth-order valence-electron chi connectivity index (χ4n) is 0.880. The third kappa shape index (κ3) is 2.48. The Bertz CT molecular complexity index is 362. The zero-order valence-corrected chi connectivity index (χ0v) is 8.67. The molecule has 80 valence electrons. The van der Waals surface area contributed by atoms with Crippen molar-refractivity contribution in [2.45, 2.75) is 11.9 Å². The van der Waals surface area contributed by atoms with E-state index in [2.05, 4.69) is 10.2 Å². The van der Waals surface area contributed by atoms with Crippen LogP contribution in [-0.2, 0) is 26.9 Å². The lowest BCUT2D eigenvalue weighted by Gasteiger charge is -2.01. The molecular formula is C6H7ClF3N2OS+. The molecule has 3 nitrogen and oxygen atoms in total. The molecule has 0 radical (unpaired) electrons. The van der Waals surface area contributed by atoms with Gasteiger partial charge in [-0.05, 0) is 0 Å². The van der Waals surface area contributed by atoms with E-state index in [1.165, 1.54) is 6.26 Å². The van der Waals surface area contributed by atoms with Crippen LogP contribution < -0.4 is 0 Å². The molecule has 0 saturated heterocycles. The smallest absolute Gasteiger partial charge is 0.276 e. The van der Waals surface area contributed by atoms with Crippen LogP contribution in [0.2, 0.25) is 5.02 Å². The van der Waals surface area contributed by atoms with E-state index in [-0.39, 0.29) is 11.4 Å². The molecule has 1 aromatic rings. The van der Waals surface area contributed by atoms with E-state index < -0.39 is 27.7 Å². The first-order valence-electron chi connectivity index (χ1n) is 3.50. The Balaban J connectivity index is 3.03. The number of aromatic amines is 1. The minimum absolute atomic E-state index is 0.0305. The third-order valence-corrected chi connectivity index (χ3v) is 2.59. The lowest BCUT2D eigenvalue weighted by Crippen LogP contribution is -2.06. The highest BCUT2D eigenvalue weighted by Crippen LogP contribution is 2.34. The molecule has 1 aromatic heterocycles. The maximum absolute atomic E-state index is 12.2. The van der Waals surface area contributed by atoms with Crippen molar-refractivity contribution >= 4 is 22.4 Å². The first-order valence-corrected chi connectivity index (χ1v) is 5.77. The second-order valence-corrected chi connectivity index (χ2v) is 4.60. The van der Waals surface area contributed by atoms with Gasteiger partial charge in [-0.25, -0.2) is 0 Å². The van der Waals surface area contributed by atoms with Gasteiger partial charge in [-0.2, -0.15) is 18.3 Å². The maximum Gasteiger partial charge on any atom is 0.436 e. The van der Waals surface area contributed by atoms with Gasteiger partial charge in [0.05, 0.1) is 22.1 Å². The highest BCUT2D eigenvalue weighted by atomic mass is 35.5. The Kier molecular flexibility index (Phi) is 3.20. The predicted octanol–water partition coefficient (Wildman–Crippen LogP) is 1.91. The van der Waals surface area contributed by atoms with E-state index in [0.29, 0.717) is 0 Å². The molecule has 8 heteroatoms. The molecule has 0 spiro atoms. The lowest BCUT2D eigenvalue weighted by atomic mass is 10.3. The van der Waals surface area contributed by atoms with Crippen LogP contribution in [0.4, 0.5) is 13.2 Å². The second kappa shape index (κ2) is 3.90. The van der Waals surface area contributed by atoms with E-state index in [0.717, 1.165) is 0 Å². The quantitative estimate of drug-likeness (QED) is 0.641. The molecule has 0 saturated carbocycles. The first kappa shape index (κ1) is 11.5. The number of nitrogens with one attached hydrogen (secondary N) is 1. The van der Waals surface area contributed by atoms with Crippen molar-refractivity contribution < 1.29 is 17.4 Å². The van der Waals surface area contributed by atoms with E-state index in [4.69, 9.17) is 11.6 Å². The van der Waals surface area contributed by atoms with Crippen LogP contribution in [0.15, 0.2) is 0 Å². The van der Waals surface area contributed by atoms with Gasteiger partial charge < -0.3 is 0 Å². The van der Waals surface area contributed by atoms with Crippen LogP contribution in [0.3, 0.4) is 0 Å². The Morgan fingerprint density at radius 1 is 1.57 bits per heavy atom. The van der Waals surface area contributed by atoms with Crippen molar-refractivity contribution in [1.29, 1.82) is 0 Å². The number of aromatic nitrogens is 2. The number of thiol groups is 1. The van der Waals surface area contributed by atoms with Crippen LogP contribution in [-0.4, -0.2) is 16.5 Å². The van der Waals surface area contributed by atoms with Gasteiger partial charge in [0, 0.05) is 0 Å². The molecule has 0 aliphatic heterocycles. The molecule has 1 heterocycles. The monoisotopic (exact) mass is 247 g/mol. The van der Waals surface area contributed by atoms with Gasteiger partial charge >= 0.3 is 6.18 Å². The molecule has 1 unspecified atom stereocenters. The first-order chi connectivity index (χ1) is 6.32. The van der Waals surface area contributed by atoms with Crippen LogP contribution in [0.25, 0.3) is 0 Å². The van der Waals surface area contributed by atoms with Gasteiger partial charge in [0.2, 0.25) is 0 Å². The standard InChI is InChI=1S/C6H6ClF3N2OS/c1-14(13)2-3-4(7)5(12-11-3)6(8,9)10/h2H2,1H3,(H,11,12)/p+1. The number of hydrogen-bond acceptors (Lipinski definition) is 2. The summed E-state index contributed by atoms with van der Waals surface area (Å²) in [4.78, 5) is 0. The van der Waals surface area contributed by atoms with E-state index in [9.17, 15) is 17.4 Å². The number of nitrogens with zero attached hydrogens (tertiary/aromatic N) is 1. The van der Waals surface area contributed by atoms with Crippen LogP contribution >= 0.6 is 11.6 Å². The number of hydrogen-bond donors (Lipinski definition) is 1. The highest BCUT2D eigenvalue weighted by molar-refractivity contribution is 7.83. The number of halogens is 4. The Morgan fingerprint density at radius 2 is 2.14 bits per heavy atom. The summed E-state index contributed by atoms with van der Waals surface area (Å²) >= 11 is 5.41. The van der Waals surface area contributed by atoms with Gasteiger partial charge in [0.25, 0.3) is 0 Å². The van der Waals surface area contributed by atoms with Crippen LogP contribution in [0.5, 0.6) is 0 Å². The molecule has 1 rings (SSSR count). The summed E-state index contributed by atoms with van der Waals surface area (Å²) < 4.78 is 47.3. The number of alkyl halides is 3. The summed E-state index contributed by atoms with van der Waals surface area (Å²) in [6.07, 6.45) is -3.18. The molecule has 0 aromatic carbocycles. The fourth-order valence-corrected chi connectivity index (χ4v) is 1.91. The summed E-state index contributed by atoms with van der Waals surface area (Å²) in [6.45, 7) is 0. The topological polar surface area (TPSA) is 45.8 Å². The molecule has 0 aliphatic rings. The number of H-pyrrole nitrogens is 1. The van der Waals surface area contributed by atoms with Gasteiger partial charge in [-0.1, -0.05) is 11.6 Å². The highest BCUT2D eigenvalue weighted by Gasteiger charge is 2.37. The normalized spacial score (nSPS) is 14.4. The van der Waals surface area contributed by atoms with Gasteiger partial charge in [0.1, 0.15) is 5.69 Å². The van der Waals surface area contributed by atoms with Crippen molar-refractivity contribution in [1.82, 2.24) is 10.2 Å².